The normalized spacial score (nSPS) is 14.2. The molecule has 4 aromatic rings. The first-order valence-corrected chi connectivity index (χ1v) is 18.0. The number of carbonyl (C=O) groups excluding carboxylic acids is 1. The maximum atomic E-state index is 14.2. The summed E-state index contributed by atoms with van der Waals surface area (Å²) in [6.45, 7) is 11.7. The summed E-state index contributed by atoms with van der Waals surface area (Å²) in [5, 5.41) is 14.0. The predicted octanol–water partition coefficient (Wildman–Crippen LogP) is 9.30. The SMILES string of the molecule is C=C(C)c1cc(C(=O)N(C)Cc2cccc(CN[C@](CC(C)C)(C(=O)O)C3CCCC3)c2)c(OCc2ccccc2)cc1OCc1ccccc1. The van der Waals surface area contributed by atoms with Gasteiger partial charge < -0.3 is 19.5 Å². The van der Waals surface area contributed by atoms with E-state index < -0.39 is 11.5 Å². The lowest BCUT2D eigenvalue weighted by atomic mass is 9.76. The molecule has 0 saturated heterocycles. The van der Waals surface area contributed by atoms with Gasteiger partial charge in [0, 0.05) is 31.8 Å². The van der Waals surface area contributed by atoms with Crippen LogP contribution >= 0.6 is 0 Å². The Kier molecular flexibility index (Phi) is 12.7. The molecule has 0 heterocycles. The predicted molar refractivity (Wildman–Crippen MR) is 204 cm³/mol. The van der Waals surface area contributed by atoms with E-state index in [4.69, 9.17) is 9.47 Å². The summed E-state index contributed by atoms with van der Waals surface area (Å²) in [4.78, 5) is 28.7. The summed E-state index contributed by atoms with van der Waals surface area (Å²) >= 11 is 0. The number of carboxylic acids is 1. The number of amides is 1. The first-order chi connectivity index (χ1) is 24.6. The Morgan fingerprint density at radius 3 is 1.92 bits per heavy atom. The standard InChI is InChI=1S/C44H52N2O5/c1-31(2)26-44(43(48)49,37-21-12-13-22-37)45-27-35-19-14-20-36(23-35)28-46(5)42(47)39-24-38(32(3)4)40(50-29-33-15-8-6-9-16-33)25-41(39)51-30-34-17-10-7-11-18-34/h6-11,14-20,23-25,31,37,45H,3,12-13,21-22,26-30H2,1-2,4-5H3,(H,48,49)/t44-/m0/s1. The smallest absolute Gasteiger partial charge is 0.324 e. The maximum absolute atomic E-state index is 14.2. The fourth-order valence-electron chi connectivity index (χ4n) is 7.20. The van der Waals surface area contributed by atoms with Gasteiger partial charge in [0.15, 0.2) is 0 Å². The van der Waals surface area contributed by atoms with E-state index in [9.17, 15) is 14.7 Å². The molecule has 1 aliphatic rings. The Labute approximate surface area is 303 Å². The number of benzene rings is 4. The van der Waals surface area contributed by atoms with Gasteiger partial charge in [-0.25, -0.2) is 0 Å². The molecule has 4 aromatic carbocycles. The van der Waals surface area contributed by atoms with Crippen LogP contribution in [0.3, 0.4) is 0 Å². The van der Waals surface area contributed by atoms with Crippen LogP contribution in [0.1, 0.15) is 91.1 Å². The Morgan fingerprint density at radius 1 is 0.824 bits per heavy atom. The minimum atomic E-state index is -0.957. The maximum Gasteiger partial charge on any atom is 0.324 e. The summed E-state index contributed by atoms with van der Waals surface area (Å²) in [6, 6.07) is 31.5. The van der Waals surface area contributed by atoms with E-state index in [1.807, 2.05) is 91.9 Å². The van der Waals surface area contributed by atoms with Crippen molar-refractivity contribution < 1.29 is 24.2 Å². The molecule has 5 rings (SSSR count). The van der Waals surface area contributed by atoms with Gasteiger partial charge in [0.05, 0.1) is 5.56 Å². The molecule has 2 N–H and O–H groups in total. The lowest BCUT2D eigenvalue weighted by molar-refractivity contribution is -0.148. The highest BCUT2D eigenvalue weighted by Crippen LogP contribution is 2.39. The number of nitrogens with one attached hydrogen (secondary N) is 1. The number of hydrogen-bond acceptors (Lipinski definition) is 5. The van der Waals surface area contributed by atoms with Gasteiger partial charge in [0.2, 0.25) is 0 Å². The number of allylic oxidation sites excluding steroid dienone is 1. The lowest BCUT2D eigenvalue weighted by Crippen LogP contribution is -2.57. The quantitative estimate of drug-likeness (QED) is 0.115. The number of aliphatic carboxylic acids is 1. The van der Waals surface area contributed by atoms with Crippen molar-refractivity contribution in [2.45, 2.75) is 84.7 Å². The number of ether oxygens (including phenoxy) is 2. The van der Waals surface area contributed by atoms with Gasteiger partial charge in [0.25, 0.3) is 5.91 Å². The number of nitrogens with zero attached hydrogens (tertiary/aromatic N) is 1. The second kappa shape index (κ2) is 17.4. The Hall–Kier alpha value is -4.88. The first kappa shape index (κ1) is 37.4. The van der Waals surface area contributed by atoms with Crippen molar-refractivity contribution in [1.82, 2.24) is 10.2 Å². The van der Waals surface area contributed by atoms with Crippen molar-refractivity contribution >= 4 is 17.4 Å². The highest BCUT2D eigenvalue weighted by atomic mass is 16.5. The molecule has 0 aliphatic heterocycles. The topological polar surface area (TPSA) is 88.1 Å². The highest BCUT2D eigenvalue weighted by Gasteiger charge is 2.46. The zero-order valence-electron chi connectivity index (χ0n) is 30.5. The van der Waals surface area contributed by atoms with E-state index in [0.29, 0.717) is 49.8 Å². The van der Waals surface area contributed by atoms with Gasteiger partial charge in [-0.1, -0.05) is 118 Å². The largest absolute Gasteiger partial charge is 0.488 e. The molecule has 0 unspecified atom stereocenters. The van der Waals surface area contributed by atoms with Crippen molar-refractivity contribution in [3.63, 3.8) is 0 Å². The molecule has 51 heavy (non-hydrogen) atoms. The molecule has 7 nitrogen and oxygen atoms in total. The van der Waals surface area contributed by atoms with Crippen LogP contribution in [0.25, 0.3) is 5.57 Å². The van der Waals surface area contributed by atoms with E-state index >= 15 is 0 Å². The fourth-order valence-corrected chi connectivity index (χ4v) is 7.20. The summed E-state index contributed by atoms with van der Waals surface area (Å²) in [7, 11) is 1.78. The van der Waals surface area contributed by atoms with E-state index in [2.05, 4.69) is 31.8 Å². The second-order valence-corrected chi connectivity index (χ2v) is 14.4. The zero-order chi connectivity index (χ0) is 36.4. The summed E-state index contributed by atoms with van der Waals surface area (Å²) in [6.07, 6.45) is 4.60. The van der Waals surface area contributed by atoms with Crippen LogP contribution in [0.4, 0.5) is 0 Å². The van der Waals surface area contributed by atoms with E-state index in [-0.39, 0.29) is 17.7 Å². The molecule has 7 heteroatoms. The van der Waals surface area contributed by atoms with E-state index in [0.717, 1.165) is 59.1 Å². The molecule has 0 radical (unpaired) electrons. The third-order valence-electron chi connectivity index (χ3n) is 9.78. The second-order valence-electron chi connectivity index (χ2n) is 14.4. The molecular formula is C44H52N2O5. The van der Waals surface area contributed by atoms with Gasteiger partial charge in [0.1, 0.15) is 30.3 Å². The number of hydrogen-bond donors (Lipinski definition) is 2. The minimum Gasteiger partial charge on any atom is -0.488 e. The highest BCUT2D eigenvalue weighted by molar-refractivity contribution is 5.98. The van der Waals surface area contributed by atoms with Crippen LogP contribution in [0, 0.1) is 11.8 Å². The van der Waals surface area contributed by atoms with Gasteiger partial charge in [-0.05, 0) is 71.9 Å². The van der Waals surface area contributed by atoms with Gasteiger partial charge in [-0.3, -0.25) is 14.9 Å². The average Bonchev–Trinajstić information content (AvgIpc) is 3.68. The Morgan fingerprint density at radius 2 is 1.37 bits per heavy atom. The first-order valence-electron chi connectivity index (χ1n) is 18.0. The Bertz CT molecular complexity index is 1780. The van der Waals surface area contributed by atoms with Crippen molar-refractivity contribution in [3.05, 3.63) is 137 Å². The number of rotatable bonds is 17. The monoisotopic (exact) mass is 688 g/mol. The minimum absolute atomic E-state index is 0.113. The molecule has 0 bridgehead atoms. The van der Waals surface area contributed by atoms with Gasteiger partial charge >= 0.3 is 5.97 Å². The molecule has 1 fully saturated rings. The van der Waals surface area contributed by atoms with E-state index in [1.165, 1.54) is 0 Å². The van der Waals surface area contributed by atoms with Crippen molar-refractivity contribution in [1.29, 1.82) is 0 Å². The molecular weight excluding hydrogens is 636 g/mol. The molecule has 0 aromatic heterocycles. The third-order valence-corrected chi connectivity index (χ3v) is 9.78. The van der Waals surface area contributed by atoms with Crippen molar-refractivity contribution in [2.75, 3.05) is 7.05 Å². The molecule has 0 spiro atoms. The van der Waals surface area contributed by atoms with Crippen LogP contribution in [0.2, 0.25) is 0 Å². The van der Waals surface area contributed by atoms with Gasteiger partial charge in [-0.15, -0.1) is 0 Å². The molecule has 268 valence electrons. The molecule has 1 aliphatic carbocycles. The summed E-state index contributed by atoms with van der Waals surface area (Å²) in [5.74, 6) is 0.436. The molecule has 1 atom stereocenters. The molecule has 1 amide bonds. The number of carboxylic acid groups (broad SMARTS) is 1. The average molecular weight is 689 g/mol. The number of carbonyl (C=O) groups is 2. The van der Waals surface area contributed by atoms with E-state index in [1.54, 1.807) is 18.0 Å². The van der Waals surface area contributed by atoms with Gasteiger partial charge in [-0.2, -0.15) is 0 Å². The summed E-state index contributed by atoms with van der Waals surface area (Å²) in [5.41, 5.74) is 4.93. The van der Waals surface area contributed by atoms with Crippen LogP contribution in [-0.4, -0.2) is 34.5 Å². The fraction of sp³-hybridized carbons (Fsp3) is 0.364. The van der Waals surface area contributed by atoms with Crippen LogP contribution in [0.15, 0.2) is 104 Å². The van der Waals surface area contributed by atoms with Crippen molar-refractivity contribution in [3.8, 4) is 11.5 Å². The lowest BCUT2D eigenvalue weighted by Gasteiger charge is -2.38. The Balaban J connectivity index is 1.37. The van der Waals surface area contributed by atoms with Crippen LogP contribution in [-0.2, 0) is 31.1 Å². The summed E-state index contributed by atoms with van der Waals surface area (Å²) < 4.78 is 12.6. The third kappa shape index (κ3) is 9.67. The zero-order valence-corrected chi connectivity index (χ0v) is 30.5. The molecule has 1 saturated carbocycles. The van der Waals surface area contributed by atoms with Crippen LogP contribution < -0.4 is 14.8 Å². The van der Waals surface area contributed by atoms with Crippen molar-refractivity contribution in [2.24, 2.45) is 11.8 Å². The van der Waals surface area contributed by atoms with Crippen LogP contribution in [0.5, 0.6) is 11.5 Å².